The van der Waals surface area contributed by atoms with Gasteiger partial charge in [-0.05, 0) is 19.5 Å². The zero-order valence-electron chi connectivity index (χ0n) is 10.7. The van der Waals surface area contributed by atoms with Crippen LogP contribution in [-0.2, 0) is 0 Å². The monoisotopic (exact) mass is 234 g/mol. The first kappa shape index (κ1) is 15.2. The molecule has 15 heavy (non-hydrogen) atoms. The second kappa shape index (κ2) is 6.74. The van der Waals surface area contributed by atoms with Crippen molar-refractivity contribution in [3.63, 3.8) is 0 Å². The zero-order valence-corrected chi connectivity index (χ0v) is 11.5. The van der Waals surface area contributed by atoms with Crippen LogP contribution in [-0.4, -0.2) is 54.3 Å². The van der Waals surface area contributed by atoms with Crippen LogP contribution in [0.2, 0.25) is 0 Å². The van der Waals surface area contributed by atoms with Crippen LogP contribution < -0.4 is 5.73 Å². The van der Waals surface area contributed by atoms with E-state index in [4.69, 9.17) is 5.73 Å². The Morgan fingerprint density at radius 1 is 1.33 bits per heavy atom. The van der Waals surface area contributed by atoms with Crippen molar-refractivity contribution >= 4 is 11.8 Å². The standard InChI is InChI=1S/C11H26N2OS/c1-11(2,3)10(12)9(8-14)15-7-6-13(4)5/h9-10,14H,6-8,12H2,1-5H3. The Bertz CT molecular complexity index is 168. The Labute approximate surface area is 98.4 Å². The van der Waals surface area contributed by atoms with Crippen LogP contribution in [0.3, 0.4) is 0 Å². The molecule has 0 heterocycles. The van der Waals surface area contributed by atoms with Crippen molar-refractivity contribution in [2.24, 2.45) is 11.1 Å². The van der Waals surface area contributed by atoms with Crippen molar-refractivity contribution in [3.8, 4) is 0 Å². The zero-order chi connectivity index (χ0) is 12.1. The maximum absolute atomic E-state index is 9.31. The first-order chi connectivity index (χ1) is 6.79. The van der Waals surface area contributed by atoms with Crippen molar-refractivity contribution in [2.75, 3.05) is 33.0 Å². The van der Waals surface area contributed by atoms with Crippen LogP contribution in [0.5, 0.6) is 0 Å². The molecule has 92 valence electrons. The Hall–Kier alpha value is 0.230. The molecule has 3 nitrogen and oxygen atoms in total. The van der Waals surface area contributed by atoms with E-state index < -0.39 is 0 Å². The van der Waals surface area contributed by atoms with Crippen LogP contribution in [0.15, 0.2) is 0 Å². The maximum Gasteiger partial charge on any atom is 0.0565 e. The molecule has 0 fully saturated rings. The summed E-state index contributed by atoms with van der Waals surface area (Å²) >= 11 is 1.77. The average Bonchev–Trinajstić information content (AvgIpc) is 2.09. The molecule has 0 radical (unpaired) electrons. The fourth-order valence-corrected chi connectivity index (χ4v) is 2.71. The molecule has 2 unspecified atom stereocenters. The minimum Gasteiger partial charge on any atom is -0.395 e. The van der Waals surface area contributed by atoms with E-state index in [-0.39, 0.29) is 23.3 Å². The van der Waals surface area contributed by atoms with Crippen molar-refractivity contribution in [1.29, 1.82) is 0 Å². The van der Waals surface area contributed by atoms with E-state index >= 15 is 0 Å². The van der Waals surface area contributed by atoms with Gasteiger partial charge in [-0.25, -0.2) is 0 Å². The van der Waals surface area contributed by atoms with Gasteiger partial charge in [0.1, 0.15) is 0 Å². The van der Waals surface area contributed by atoms with Gasteiger partial charge in [0, 0.05) is 23.6 Å². The normalized spacial score (nSPS) is 16.8. The number of thioether (sulfide) groups is 1. The number of nitrogens with two attached hydrogens (primary N) is 1. The number of aliphatic hydroxyl groups excluding tert-OH is 1. The lowest BCUT2D eigenvalue weighted by Gasteiger charge is -2.33. The lowest BCUT2D eigenvalue weighted by Crippen LogP contribution is -2.45. The summed E-state index contributed by atoms with van der Waals surface area (Å²) in [7, 11) is 4.11. The fraction of sp³-hybridized carbons (Fsp3) is 1.00. The van der Waals surface area contributed by atoms with Crippen LogP contribution >= 0.6 is 11.8 Å². The van der Waals surface area contributed by atoms with Gasteiger partial charge in [0.05, 0.1) is 6.61 Å². The lowest BCUT2D eigenvalue weighted by molar-refractivity contribution is 0.233. The number of rotatable bonds is 6. The third-order valence-electron chi connectivity index (χ3n) is 2.45. The molecule has 0 aliphatic carbocycles. The Morgan fingerprint density at radius 3 is 2.20 bits per heavy atom. The van der Waals surface area contributed by atoms with Gasteiger partial charge in [0.15, 0.2) is 0 Å². The second-order valence-corrected chi connectivity index (χ2v) is 6.63. The van der Waals surface area contributed by atoms with Crippen LogP contribution in [0.1, 0.15) is 20.8 Å². The summed E-state index contributed by atoms with van der Waals surface area (Å²) in [6, 6.07) is 0.0367. The van der Waals surface area contributed by atoms with E-state index in [0.717, 1.165) is 12.3 Å². The average molecular weight is 234 g/mol. The Morgan fingerprint density at radius 2 is 1.87 bits per heavy atom. The molecular weight excluding hydrogens is 208 g/mol. The van der Waals surface area contributed by atoms with Crippen molar-refractivity contribution < 1.29 is 5.11 Å². The topological polar surface area (TPSA) is 49.5 Å². The van der Waals surface area contributed by atoms with E-state index in [9.17, 15) is 5.11 Å². The highest BCUT2D eigenvalue weighted by Crippen LogP contribution is 2.26. The molecule has 2 atom stereocenters. The largest absolute Gasteiger partial charge is 0.395 e. The summed E-state index contributed by atoms with van der Waals surface area (Å²) in [5.74, 6) is 1.02. The molecule has 0 aromatic heterocycles. The molecule has 3 N–H and O–H groups in total. The summed E-state index contributed by atoms with van der Waals surface area (Å²) in [5, 5.41) is 9.45. The molecule has 0 aliphatic rings. The highest BCUT2D eigenvalue weighted by molar-refractivity contribution is 8.00. The first-order valence-electron chi connectivity index (χ1n) is 5.41. The summed E-state index contributed by atoms with van der Waals surface area (Å²) in [6.45, 7) is 7.54. The van der Waals surface area contributed by atoms with Gasteiger partial charge in [0.25, 0.3) is 0 Å². The molecule has 0 saturated heterocycles. The SMILES string of the molecule is CN(C)CCSC(CO)C(N)C(C)(C)C. The Kier molecular flexibility index (Phi) is 6.84. The second-order valence-electron chi connectivity index (χ2n) is 5.29. The van der Waals surface area contributed by atoms with Gasteiger partial charge in [-0.15, -0.1) is 0 Å². The summed E-state index contributed by atoms with van der Waals surface area (Å²) in [5.41, 5.74) is 6.18. The third kappa shape index (κ3) is 6.40. The molecule has 0 spiro atoms. The summed E-state index contributed by atoms with van der Waals surface area (Å²) < 4.78 is 0. The van der Waals surface area contributed by atoms with Gasteiger partial charge in [0.2, 0.25) is 0 Å². The van der Waals surface area contributed by atoms with Crippen molar-refractivity contribution in [1.82, 2.24) is 4.90 Å². The fourth-order valence-electron chi connectivity index (χ4n) is 1.21. The van der Waals surface area contributed by atoms with Crippen molar-refractivity contribution in [3.05, 3.63) is 0 Å². The predicted octanol–water partition coefficient (Wildman–Crippen LogP) is 1.02. The van der Waals surface area contributed by atoms with E-state index in [0.29, 0.717) is 0 Å². The van der Waals surface area contributed by atoms with E-state index in [1.54, 1.807) is 11.8 Å². The van der Waals surface area contributed by atoms with Gasteiger partial charge >= 0.3 is 0 Å². The van der Waals surface area contributed by atoms with E-state index in [1.807, 2.05) is 0 Å². The summed E-state index contributed by atoms with van der Waals surface area (Å²) in [4.78, 5) is 2.14. The number of aliphatic hydroxyl groups is 1. The number of hydrogen-bond donors (Lipinski definition) is 2. The highest BCUT2D eigenvalue weighted by Gasteiger charge is 2.28. The molecule has 0 aromatic rings. The molecule has 0 saturated carbocycles. The maximum atomic E-state index is 9.31. The molecule has 0 aromatic carbocycles. The van der Waals surface area contributed by atoms with Crippen molar-refractivity contribution in [2.45, 2.75) is 32.1 Å². The van der Waals surface area contributed by atoms with Crippen LogP contribution in [0.4, 0.5) is 0 Å². The predicted molar refractivity (Wildman–Crippen MR) is 69.3 cm³/mol. The first-order valence-corrected chi connectivity index (χ1v) is 6.46. The lowest BCUT2D eigenvalue weighted by atomic mass is 9.85. The molecule has 4 heteroatoms. The number of hydrogen-bond acceptors (Lipinski definition) is 4. The van der Waals surface area contributed by atoms with Crippen LogP contribution in [0.25, 0.3) is 0 Å². The molecule has 0 amide bonds. The smallest absolute Gasteiger partial charge is 0.0565 e. The Balaban J connectivity index is 4.02. The molecule has 0 aliphatic heterocycles. The van der Waals surface area contributed by atoms with E-state index in [2.05, 4.69) is 39.8 Å². The minimum atomic E-state index is 0.0367. The quantitative estimate of drug-likeness (QED) is 0.720. The molecular formula is C11H26N2OS. The van der Waals surface area contributed by atoms with Gasteiger partial charge in [-0.2, -0.15) is 11.8 Å². The van der Waals surface area contributed by atoms with Gasteiger partial charge in [-0.3, -0.25) is 0 Å². The number of nitrogens with zero attached hydrogens (tertiary/aromatic N) is 1. The van der Waals surface area contributed by atoms with Gasteiger partial charge < -0.3 is 15.7 Å². The highest BCUT2D eigenvalue weighted by atomic mass is 32.2. The summed E-state index contributed by atoms with van der Waals surface area (Å²) in [6.07, 6.45) is 0. The van der Waals surface area contributed by atoms with Crippen LogP contribution in [0, 0.1) is 5.41 Å². The third-order valence-corrected chi connectivity index (χ3v) is 3.74. The minimum absolute atomic E-state index is 0.0367. The van der Waals surface area contributed by atoms with Gasteiger partial charge in [-0.1, -0.05) is 20.8 Å². The molecule has 0 rings (SSSR count). The van der Waals surface area contributed by atoms with E-state index in [1.165, 1.54) is 0 Å². The molecule has 0 bridgehead atoms.